The summed E-state index contributed by atoms with van der Waals surface area (Å²) < 4.78 is 27.0. The van der Waals surface area contributed by atoms with Crippen LogP contribution in [-0.4, -0.2) is 36.7 Å². The van der Waals surface area contributed by atoms with Crippen LogP contribution in [0.25, 0.3) is 0 Å². The summed E-state index contributed by atoms with van der Waals surface area (Å²) in [6, 6.07) is 6.10. The number of carbonyl (C=O) groups excluding carboxylic acids is 1. The van der Waals surface area contributed by atoms with Gasteiger partial charge in [0.2, 0.25) is 10.0 Å². The molecule has 3 rings (SSSR count). The molecule has 1 aliphatic rings. The summed E-state index contributed by atoms with van der Waals surface area (Å²) in [7, 11) is -3.50. The first-order chi connectivity index (χ1) is 12.8. The number of rotatable bonds is 5. The second-order valence-electron chi connectivity index (χ2n) is 7.30. The highest BCUT2D eigenvalue weighted by molar-refractivity contribution is 7.89. The molecule has 1 saturated heterocycles. The fourth-order valence-corrected chi connectivity index (χ4v) is 5.27. The zero-order valence-electron chi connectivity index (χ0n) is 15.8. The van der Waals surface area contributed by atoms with Crippen LogP contribution in [0.5, 0.6) is 0 Å². The standard InChI is InChI=1S/C19H25N3O3S2/c1-13(2)17-12-26-19(20-17)21-18(23)15-4-6-16(7-5-15)27(24,25)22-10-8-14(3)9-11-22/h4-7,12-14H,8-11H2,1-3H3,(H,20,21,23). The average molecular weight is 408 g/mol. The minimum Gasteiger partial charge on any atom is -0.298 e. The Kier molecular flexibility index (Phi) is 5.98. The number of anilines is 1. The van der Waals surface area contributed by atoms with Crippen LogP contribution >= 0.6 is 11.3 Å². The highest BCUT2D eigenvalue weighted by Crippen LogP contribution is 2.25. The van der Waals surface area contributed by atoms with Gasteiger partial charge in [-0.3, -0.25) is 10.1 Å². The maximum atomic E-state index is 12.7. The summed E-state index contributed by atoms with van der Waals surface area (Å²) in [5.41, 5.74) is 1.34. The Labute approximate surface area is 164 Å². The zero-order chi connectivity index (χ0) is 19.6. The van der Waals surface area contributed by atoms with E-state index in [1.54, 1.807) is 12.1 Å². The Balaban J connectivity index is 1.69. The lowest BCUT2D eigenvalue weighted by Gasteiger charge is -2.29. The Hall–Kier alpha value is -1.77. The Morgan fingerprint density at radius 2 is 1.85 bits per heavy atom. The normalized spacial score (nSPS) is 16.6. The highest BCUT2D eigenvalue weighted by atomic mass is 32.2. The Bertz CT molecular complexity index is 897. The predicted molar refractivity (Wildman–Crippen MR) is 108 cm³/mol. The molecule has 27 heavy (non-hydrogen) atoms. The molecule has 1 aromatic carbocycles. The van der Waals surface area contributed by atoms with Crippen LogP contribution in [0.15, 0.2) is 34.5 Å². The van der Waals surface area contributed by atoms with Gasteiger partial charge < -0.3 is 0 Å². The summed E-state index contributed by atoms with van der Waals surface area (Å²) in [4.78, 5) is 17.0. The molecule has 0 atom stereocenters. The molecule has 0 bridgehead atoms. The SMILES string of the molecule is CC1CCN(S(=O)(=O)c2ccc(C(=O)Nc3nc(C(C)C)cs3)cc2)CC1. The van der Waals surface area contributed by atoms with E-state index >= 15 is 0 Å². The average Bonchev–Trinajstić information content (AvgIpc) is 3.11. The summed E-state index contributed by atoms with van der Waals surface area (Å²) in [6.07, 6.45) is 1.76. The molecule has 2 aromatic rings. The Morgan fingerprint density at radius 1 is 1.22 bits per heavy atom. The smallest absolute Gasteiger partial charge is 0.257 e. The van der Waals surface area contributed by atoms with Gasteiger partial charge in [-0.2, -0.15) is 4.31 Å². The van der Waals surface area contributed by atoms with E-state index in [0.717, 1.165) is 18.5 Å². The number of nitrogens with zero attached hydrogens (tertiary/aromatic N) is 2. The van der Waals surface area contributed by atoms with Gasteiger partial charge in [0.05, 0.1) is 10.6 Å². The van der Waals surface area contributed by atoms with Crippen LogP contribution in [0, 0.1) is 5.92 Å². The molecule has 0 saturated carbocycles. The van der Waals surface area contributed by atoms with E-state index in [-0.39, 0.29) is 10.8 Å². The van der Waals surface area contributed by atoms with Crippen molar-refractivity contribution < 1.29 is 13.2 Å². The molecule has 1 N–H and O–H groups in total. The third-order valence-corrected chi connectivity index (χ3v) is 7.52. The fourth-order valence-electron chi connectivity index (χ4n) is 2.93. The molecule has 0 radical (unpaired) electrons. The summed E-state index contributed by atoms with van der Waals surface area (Å²) in [5, 5.41) is 5.24. The maximum absolute atomic E-state index is 12.7. The molecular weight excluding hydrogens is 382 g/mol. The highest BCUT2D eigenvalue weighted by Gasteiger charge is 2.28. The number of thiazole rings is 1. The molecule has 6 nitrogen and oxygen atoms in total. The number of carbonyl (C=O) groups is 1. The van der Waals surface area contributed by atoms with E-state index in [2.05, 4.69) is 17.2 Å². The molecule has 1 amide bonds. The van der Waals surface area contributed by atoms with Crippen LogP contribution < -0.4 is 5.32 Å². The van der Waals surface area contributed by atoms with Gasteiger partial charge in [-0.25, -0.2) is 13.4 Å². The zero-order valence-corrected chi connectivity index (χ0v) is 17.4. The molecule has 1 fully saturated rings. The van der Waals surface area contributed by atoms with Crippen LogP contribution in [0.2, 0.25) is 0 Å². The number of amides is 1. The van der Waals surface area contributed by atoms with E-state index in [4.69, 9.17) is 0 Å². The Morgan fingerprint density at radius 3 is 2.41 bits per heavy atom. The lowest BCUT2D eigenvalue weighted by Crippen LogP contribution is -2.37. The van der Waals surface area contributed by atoms with Crippen molar-refractivity contribution in [3.8, 4) is 0 Å². The van der Waals surface area contributed by atoms with Crippen LogP contribution in [0.3, 0.4) is 0 Å². The quantitative estimate of drug-likeness (QED) is 0.814. The molecule has 0 spiro atoms. The van der Waals surface area contributed by atoms with Gasteiger partial charge in [0, 0.05) is 24.0 Å². The number of aromatic nitrogens is 1. The van der Waals surface area contributed by atoms with Crippen molar-refractivity contribution in [2.75, 3.05) is 18.4 Å². The first-order valence-corrected chi connectivity index (χ1v) is 11.5. The monoisotopic (exact) mass is 407 g/mol. The largest absolute Gasteiger partial charge is 0.298 e. The van der Waals surface area contributed by atoms with Crippen molar-refractivity contribution in [1.82, 2.24) is 9.29 Å². The molecule has 2 heterocycles. The second-order valence-corrected chi connectivity index (χ2v) is 10.1. The van der Waals surface area contributed by atoms with Gasteiger partial charge in [0.25, 0.3) is 5.91 Å². The number of piperidine rings is 1. The summed E-state index contributed by atoms with van der Waals surface area (Å²) >= 11 is 1.38. The minimum atomic E-state index is -3.50. The summed E-state index contributed by atoms with van der Waals surface area (Å²) in [6.45, 7) is 7.33. The van der Waals surface area contributed by atoms with Crippen LogP contribution in [0.1, 0.15) is 55.6 Å². The lowest BCUT2D eigenvalue weighted by molar-refractivity contribution is 0.102. The molecule has 0 aliphatic carbocycles. The minimum absolute atomic E-state index is 0.227. The van der Waals surface area contributed by atoms with Crippen LogP contribution in [0.4, 0.5) is 5.13 Å². The van der Waals surface area contributed by atoms with Gasteiger partial charge in [-0.15, -0.1) is 11.3 Å². The van der Waals surface area contributed by atoms with Gasteiger partial charge >= 0.3 is 0 Å². The number of hydrogen-bond acceptors (Lipinski definition) is 5. The van der Waals surface area contributed by atoms with Gasteiger partial charge in [0.1, 0.15) is 0 Å². The van der Waals surface area contributed by atoms with E-state index < -0.39 is 10.0 Å². The fraction of sp³-hybridized carbons (Fsp3) is 0.474. The molecule has 0 unspecified atom stereocenters. The van der Waals surface area contributed by atoms with E-state index in [1.807, 2.05) is 19.2 Å². The number of nitrogens with one attached hydrogen (secondary N) is 1. The van der Waals surface area contributed by atoms with Crippen molar-refractivity contribution in [2.24, 2.45) is 5.92 Å². The van der Waals surface area contributed by atoms with Crippen LogP contribution in [-0.2, 0) is 10.0 Å². The van der Waals surface area contributed by atoms with Gasteiger partial charge in [0.15, 0.2) is 5.13 Å². The molecular formula is C19H25N3O3S2. The number of benzene rings is 1. The van der Waals surface area contributed by atoms with Gasteiger partial charge in [-0.05, 0) is 48.9 Å². The topological polar surface area (TPSA) is 79.4 Å². The van der Waals surface area contributed by atoms with E-state index in [0.29, 0.717) is 35.6 Å². The molecule has 1 aliphatic heterocycles. The van der Waals surface area contributed by atoms with E-state index in [9.17, 15) is 13.2 Å². The number of hydrogen-bond donors (Lipinski definition) is 1. The van der Waals surface area contributed by atoms with Crippen molar-refractivity contribution in [3.63, 3.8) is 0 Å². The maximum Gasteiger partial charge on any atom is 0.257 e. The first kappa shape index (κ1) is 20.0. The number of sulfonamides is 1. The summed E-state index contributed by atoms with van der Waals surface area (Å²) in [5.74, 6) is 0.564. The van der Waals surface area contributed by atoms with Crippen molar-refractivity contribution >= 4 is 32.4 Å². The van der Waals surface area contributed by atoms with Crippen molar-refractivity contribution in [3.05, 3.63) is 40.9 Å². The molecule has 8 heteroatoms. The molecule has 1 aromatic heterocycles. The third-order valence-electron chi connectivity index (χ3n) is 4.83. The van der Waals surface area contributed by atoms with E-state index in [1.165, 1.54) is 27.8 Å². The third kappa shape index (κ3) is 4.56. The van der Waals surface area contributed by atoms with Gasteiger partial charge in [-0.1, -0.05) is 20.8 Å². The second kappa shape index (κ2) is 8.08. The predicted octanol–water partition coefficient (Wildman–Crippen LogP) is 3.94. The van der Waals surface area contributed by atoms with Crippen molar-refractivity contribution in [2.45, 2.75) is 44.4 Å². The lowest BCUT2D eigenvalue weighted by atomic mass is 10.0. The van der Waals surface area contributed by atoms with Crippen molar-refractivity contribution in [1.29, 1.82) is 0 Å². The first-order valence-electron chi connectivity index (χ1n) is 9.14. The molecule has 146 valence electrons.